The molecule has 0 amide bonds. The van der Waals surface area contributed by atoms with Gasteiger partial charge in [-0.3, -0.25) is 0 Å². The molecule has 1 aliphatic heterocycles. The van der Waals surface area contributed by atoms with Crippen LogP contribution in [0.15, 0.2) is 12.1 Å². The van der Waals surface area contributed by atoms with Gasteiger partial charge in [0.1, 0.15) is 0 Å². The van der Waals surface area contributed by atoms with Crippen molar-refractivity contribution < 1.29 is 9.31 Å². The highest BCUT2D eigenvalue weighted by Gasteiger charge is 2.50. The van der Waals surface area contributed by atoms with Crippen LogP contribution in [0.5, 0.6) is 0 Å². The van der Waals surface area contributed by atoms with Gasteiger partial charge in [-0.25, -0.2) is 0 Å². The first-order valence-corrected chi connectivity index (χ1v) is 7.13. The van der Waals surface area contributed by atoms with Gasteiger partial charge in [-0.05, 0) is 46.8 Å². The van der Waals surface area contributed by atoms with E-state index in [-0.39, 0.29) is 18.3 Å². The molecule has 0 N–H and O–H groups in total. The smallest absolute Gasteiger partial charge is 0.400 e. The summed E-state index contributed by atoms with van der Waals surface area (Å²) in [7, 11) is -0.186. The van der Waals surface area contributed by atoms with Gasteiger partial charge in [-0.1, -0.05) is 12.1 Å². The molecule has 0 aromatic heterocycles. The van der Waals surface area contributed by atoms with E-state index in [1.165, 1.54) is 12.8 Å². The Kier molecular flexibility index (Phi) is 2.97. The fraction of sp³-hybridized carbons (Fsp3) is 0.833. The maximum Gasteiger partial charge on any atom is 0.486 e. The zero-order valence-electron chi connectivity index (χ0n) is 10.9. The van der Waals surface area contributed by atoms with Crippen molar-refractivity contribution in [2.24, 2.45) is 0 Å². The molecule has 1 aliphatic carbocycles. The summed E-state index contributed by atoms with van der Waals surface area (Å²) in [5.41, 5.74) is -0.448. The first-order chi connectivity index (χ1) is 7.30. The second-order valence-corrected chi connectivity index (χ2v) is 6.97. The summed E-state index contributed by atoms with van der Waals surface area (Å²) in [6, 6.07) is 0. The van der Waals surface area contributed by atoms with Crippen LogP contribution in [0.3, 0.4) is 0 Å². The molecule has 0 aromatic carbocycles. The second-order valence-electron chi connectivity index (χ2n) is 5.75. The Morgan fingerprint density at radius 3 is 1.94 bits per heavy atom. The minimum Gasteiger partial charge on any atom is -0.400 e. The molecule has 2 rings (SSSR count). The van der Waals surface area contributed by atoms with Crippen LogP contribution in [0.25, 0.3) is 0 Å². The minimum atomic E-state index is -0.224. The molecule has 1 heterocycles. The van der Waals surface area contributed by atoms with Crippen LogP contribution in [-0.2, 0) is 9.31 Å². The van der Waals surface area contributed by atoms with Crippen molar-refractivity contribution in [3.63, 3.8) is 0 Å². The molecule has 0 radical (unpaired) electrons. The van der Waals surface area contributed by atoms with E-state index < -0.39 is 0 Å². The Bertz CT molecular complexity index is 292. The average Bonchev–Trinajstić information content (AvgIpc) is 2.89. The Hall–Kier alpha value is 0.0749. The molecule has 0 unspecified atom stereocenters. The fourth-order valence-corrected chi connectivity index (χ4v) is 2.51. The van der Waals surface area contributed by atoms with Crippen LogP contribution in [0, 0.1) is 0 Å². The molecule has 0 spiro atoms. The monoisotopic (exact) mass is 240 g/mol. The van der Waals surface area contributed by atoms with Crippen LogP contribution < -0.4 is 0 Å². The molecule has 16 heavy (non-hydrogen) atoms. The lowest BCUT2D eigenvalue weighted by molar-refractivity contribution is 0.00578. The van der Waals surface area contributed by atoms with E-state index >= 15 is 0 Å². The quantitative estimate of drug-likeness (QED) is 0.706. The first kappa shape index (κ1) is 12.5. The molecule has 4 heteroatoms. The summed E-state index contributed by atoms with van der Waals surface area (Å²) in [5.74, 6) is 2.08. The predicted octanol–water partition coefficient (Wildman–Crippen LogP) is 3.07. The third kappa shape index (κ3) is 2.20. The largest absolute Gasteiger partial charge is 0.486 e. The van der Waals surface area contributed by atoms with E-state index in [0.29, 0.717) is 4.75 Å². The van der Waals surface area contributed by atoms with Gasteiger partial charge >= 0.3 is 7.12 Å². The van der Waals surface area contributed by atoms with Crippen molar-refractivity contribution >= 4 is 18.9 Å². The van der Waals surface area contributed by atoms with Gasteiger partial charge in [-0.2, -0.15) is 11.8 Å². The van der Waals surface area contributed by atoms with Crippen LogP contribution in [0.1, 0.15) is 40.5 Å². The molecular weight excluding hydrogens is 219 g/mol. The van der Waals surface area contributed by atoms with Crippen molar-refractivity contribution in [2.75, 3.05) is 6.26 Å². The Morgan fingerprint density at radius 2 is 1.56 bits per heavy atom. The lowest BCUT2D eigenvalue weighted by Gasteiger charge is -2.32. The van der Waals surface area contributed by atoms with Gasteiger partial charge < -0.3 is 9.31 Å². The molecule has 0 atom stereocenters. The van der Waals surface area contributed by atoms with Gasteiger partial charge in [0.25, 0.3) is 0 Å². The van der Waals surface area contributed by atoms with Crippen LogP contribution >= 0.6 is 11.8 Å². The van der Waals surface area contributed by atoms with E-state index in [9.17, 15) is 0 Å². The van der Waals surface area contributed by atoms with Crippen LogP contribution in [0.2, 0.25) is 0 Å². The zero-order chi connectivity index (χ0) is 12.0. The van der Waals surface area contributed by atoms with Crippen LogP contribution in [-0.4, -0.2) is 29.3 Å². The highest BCUT2D eigenvalue weighted by Crippen LogP contribution is 2.48. The zero-order valence-corrected chi connectivity index (χ0v) is 11.7. The molecule has 0 aromatic rings. The summed E-state index contributed by atoms with van der Waals surface area (Å²) in [6.45, 7) is 8.34. The van der Waals surface area contributed by atoms with E-state index in [4.69, 9.17) is 9.31 Å². The number of rotatable bonds is 3. The van der Waals surface area contributed by atoms with Crippen molar-refractivity contribution in [2.45, 2.75) is 56.5 Å². The normalized spacial score (nSPS) is 29.9. The van der Waals surface area contributed by atoms with Crippen LogP contribution in [0.4, 0.5) is 0 Å². The van der Waals surface area contributed by atoms with Gasteiger partial charge in [0, 0.05) is 4.75 Å². The summed E-state index contributed by atoms with van der Waals surface area (Å²) in [6.07, 6.45) is 7.00. The third-order valence-corrected chi connectivity index (χ3v) is 5.34. The van der Waals surface area contributed by atoms with E-state index in [1.54, 1.807) is 0 Å². The third-order valence-electron chi connectivity index (χ3n) is 3.98. The van der Waals surface area contributed by atoms with Crippen molar-refractivity contribution in [3.8, 4) is 0 Å². The Balaban J connectivity index is 1.99. The molecule has 1 saturated carbocycles. The molecule has 2 fully saturated rings. The predicted molar refractivity (Wildman–Crippen MR) is 70.7 cm³/mol. The summed E-state index contributed by atoms with van der Waals surface area (Å²) >= 11 is 1.92. The Labute approximate surface area is 103 Å². The molecular formula is C12H21BO2S. The summed E-state index contributed by atoms with van der Waals surface area (Å²) < 4.78 is 12.2. The maximum absolute atomic E-state index is 5.91. The molecule has 2 aliphatic rings. The number of thioether (sulfide) groups is 1. The summed E-state index contributed by atoms with van der Waals surface area (Å²) in [5, 5.41) is 0. The fourth-order valence-electron chi connectivity index (χ4n) is 1.78. The number of hydrogen-bond donors (Lipinski definition) is 0. The molecule has 0 bridgehead atoms. The van der Waals surface area contributed by atoms with Crippen molar-refractivity contribution in [1.29, 1.82) is 0 Å². The minimum absolute atomic E-state index is 0.186. The number of hydrogen-bond acceptors (Lipinski definition) is 3. The lowest BCUT2D eigenvalue weighted by atomic mass is 9.89. The van der Waals surface area contributed by atoms with E-state index in [0.717, 1.165) is 0 Å². The van der Waals surface area contributed by atoms with Crippen molar-refractivity contribution in [3.05, 3.63) is 12.1 Å². The van der Waals surface area contributed by atoms with Crippen molar-refractivity contribution in [1.82, 2.24) is 0 Å². The second kappa shape index (κ2) is 3.79. The summed E-state index contributed by atoms with van der Waals surface area (Å²) in [4.78, 5) is 0. The highest BCUT2D eigenvalue weighted by atomic mass is 32.2. The Morgan fingerprint density at radius 1 is 1.06 bits per heavy atom. The average molecular weight is 240 g/mol. The van der Waals surface area contributed by atoms with Gasteiger partial charge in [-0.15, -0.1) is 0 Å². The standard InChI is InChI=1S/C12H21BO2S/c1-10(2)11(3,4)15-13(14-10)9-8-12(16-5)6-7-12/h8-9H,6-7H2,1-5H3/b9-8+. The molecule has 2 nitrogen and oxygen atoms in total. The van der Waals surface area contributed by atoms with Gasteiger partial charge in [0.15, 0.2) is 0 Å². The van der Waals surface area contributed by atoms with E-state index in [2.05, 4.69) is 46.0 Å². The lowest BCUT2D eigenvalue weighted by Crippen LogP contribution is -2.41. The molecule has 1 saturated heterocycles. The van der Waals surface area contributed by atoms with Gasteiger partial charge in [0.05, 0.1) is 11.2 Å². The SMILES string of the molecule is CSC1(/C=C/B2OC(C)(C)C(C)(C)O2)CC1. The first-order valence-electron chi connectivity index (χ1n) is 5.90. The highest BCUT2D eigenvalue weighted by molar-refractivity contribution is 8.00. The van der Waals surface area contributed by atoms with E-state index in [1.807, 2.05) is 11.8 Å². The van der Waals surface area contributed by atoms with Gasteiger partial charge in [0.2, 0.25) is 0 Å². The topological polar surface area (TPSA) is 18.5 Å². The maximum atomic E-state index is 5.91. The molecule has 90 valence electrons.